The molecule has 1 aliphatic heterocycles. The van der Waals surface area contributed by atoms with Gasteiger partial charge in [-0.1, -0.05) is 6.07 Å². The van der Waals surface area contributed by atoms with Gasteiger partial charge >= 0.3 is 0 Å². The predicted octanol–water partition coefficient (Wildman–Crippen LogP) is 1.83. The minimum atomic E-state index is -1.61. The van der Waals surface area contributed by atoms with Gasteiger partial charge < -0.3 is 0 Å². The predicted molar refractivity (Wildman–Crippen MR) is 83.5 cm³/mol. The fraction of sp³-hybridized carbons (Fsp3) is 0. The molecule has 114 valence electrons. The topological polar surface area (TPSA) is 76.9 Å². The van der Waals surface area contributed by atoms with E-state index in [0.717, 1.165) is 17.1 Å². The summed E-state index contributed by atoms with van der Waals surface area (Å²) in [6.07, 6.45) is 4.04. The summed E-state index contributed by atoms with van der Waals surface area (Å²) in [5.74, 6) is -0.801. The summed E-state index contributed by atoms with van der Waals surface area (Å²) in [5.41, 5.74) is 2.17. The maximum absolute atomic E-state index is 13.0. The van der Waals surface area contributed by atoms with Crippen LogP contribution in [0, 0.1) is 5.82 Å². The van der Waals surface area contributed by atoms with Gasteiger partial charge in [0.2, 0.25) is 0 Å². The zero-order valence-electron chi connectivity index (χ0n) is 11.6. The SMILES string of the molecule is O=C1C=C(n2ncc3cc(-c4ccc(F)cn4)ccc32)S(=O)N1. The van der Waals surface area contributed by atoms with E-state index in [1.165, 1.54) is 16.8 Å². The second-order valence-corrected chi connectivity index (χ2v) is 6.07. The number of rotatable bonds is 2. The molecule has 0 spiro atoms. The lowest BCUT2D eigenvalue weighted by molar-refractivity contribution is -0.114. The molecule has 1 amide bonds. The Morgan fingerprint density at radius 3 is 2.74 bits per heavy atom. The summed E-state index contributed by atoms with van der Waals surface area (Å²) in [5, 5.41) is 5.28. The van der Waals surface area contributed by atoms with Gasteiger partial charge in [-0.2, -0.15) is 5.10 Å². The highest BCUT2D eigenvalue weighted by atomic mass is 32.2. The third-order valence-electron chi connectivity index (χ3n) is 3.44. The molecule has 0 saturated carbocycles. The van der Waals surface area contributed by atoms with Gasteiger partial charge in [-0.15, -0.1) is 0 Å². The van der Waals surface area contributed by atoms with Crippen LogP contribution in [-0.2, 0) is 15.8 Å². The molecule has 1 N–H and O–H groups in total. The van der Waals surface area contributed by atoms with Crippen LogP contribution >= 0.6 is 0 Å². The van der Waals surface area contributed by atoms with E-state index in [9.17, 15) is 13.4 Å². The molecule has 3 heterocycles. The lowest BCUT2D eigenvalue weighted by Gasteiger charge is -2.04. The summed E-state index contributed by atoms with van der Waals surface area (Å²) < 4.78 is 28.6. The lowest BCUT2D eigenvalue weighted by atomic mass is 10.1. The Balaban J connectivity index is 1.80. The Morgan fingerprint density at radius 1 is 1.17 bits per heavy atom. The van der Waals surface area contributed by atoms with E-state index >= 15 is 0 Å². The van der Waals surface area contributed by atoms with Crippen LogP contribution in [0.5, 0.6) is 0 Å². The summed E-state index contributed by atoms with van der Waals surface area (Å²) in [6.45, 7) is 0. The van der Waals surface area contributed by atoms with E-state index in [2.05, 4.69) is 14.8 Å². The highest BCUT2D eigenvalue weighted by Gasteiger charge is 2.23. The molecule has 4 rings (SSSR count). The number of carbonyl (C=O) groups excluding carboxylic acids is 1. The minimum Gasteiger partial charge on any atom is -0.269 e. The van der Waals surface area contributed by atoms with Gasteiger partial charge in [0.15, 0.2) is 16.0 Å². The molecule has 0 aliphatic carbocycles. The maximum atomic E-state index is 13.0. The number of hydrogen-bond donors (Lipinski definition) is 1. The van der Waals surface area contributed by atoms with E-state index in [4.69, 9.17) is 0 Å². The van der Waals surface area contributed by atoms with E-state index < -0.39 is 22.7 Å². The molecule has 0 saturated heterocycles. The number of aromatic nitrogens is 3. The Morgan fingerprint density at radius 2 is 2.04 bits per heavy atom. The van der Waals surface area contributed by atoms with Gasteiger partial charge in [0.25, 0.3) is 5.91 Å². The number of hydrogen-bond acceptors (Lipinski definition) is 4. The van der Waals surface area contributed by atoms with E-state index in [1.54, 1.807) is 18.3 Å². The average molecular weight is 328 g/mol. The molecule has 3 aromatic rings. The van der Waals surface area contributed by atoms with Crippen LogP contribution in [0.4, 0.5) is 4.39 Å². The Bertz CT molecular complexity index is 994. The number of halogens is 1. The standard InChI is InChI=1S/C15H9FN4O2S/c16-11-2-3-12(17-8-11)9-1-4-13-10(5-9)7-18-20(13)15-6-14(21)19-23(15)22/h1-8H,(H,19,21). The molecular weight excluding hydrogens is 319 g/mol. The summed E-state index contributed by atoms with van der Waals surface area (Å²) >= 11 is 0. The molecule has 0 bridgehead atoms. The van der Waals surface area contributed by atoms with Crippen LogP contribution < -0.4 is 4.72 Å². The Kier molecular flexibility index (Phi) is 3.05. The second-order valence-electron chi connectivity index (χ2n) is 4.91. The van der Waals surface area contributed by atoms with Crippen molar-refractivity contribution >= 4 is 32.8 Å². The first-order valence-corrected chi connectivity index (χ1v) is 7.81. The Labute approximate surface area is 132 Å². The molecular formula is C15H9FN4O2S. The fourth-order valence-electron chi connectivity index (χ4n) is 2.39. The molecule has 1 aliphatic rings. The maximum Gasteiger partial charge on any atom is 0.258 e. The molecule has 0 radical (unpaired) electrons. The van der Waals surface area contributed by atoms with Gasteiger partial charge in [0.05, 0.1) is 23.6 Å². The van der Waals surface area contributed by atoms with Crippen molar-refractivity contribution in [2.24, 2.45) is 0 Å². The van der Waals surface area contributed by atoms with Crippen molar-refractivity contribution in [3.63, 3.8) is 0 Å². The number of nitrogens with one attached hydrogen (secondary N) is 1. The van der Waals surface area contributed by atoms with E-state index in [1.807, 2.05) is 12.1 Å². The van der Waals surface area contributed by atoms with Crippen molar-refractivity contribution in [3.8, 4) is 11.3 Å². The first-order chi connectivity index (χ1) is 11.1. The van der Waals surface area contributed by atoms with Crippen molar-refractivity contribution in [2.45, 2.75) is 0 Å². The van der Waals surface area contributed by atoms with Crippen LogP contribution in [0.3, 0.4) is 0 Å². The number of fused-ring (bicyclic) bond motifs is 1. The molecule has 23 heavy (non-hydrogen) atoms. The van der Waals surface area contributed by atoms with E-state index in [-0.39, 0.29) is 5.03 Å². The highest BCUT2D eigenvalue weighted by molar-refractivity contribution is 7.93. The third-order valence-corrected chi connectivity index (χ3v) is 4.49. The average Bonchev–Trinajstić information content (AvgIpc) is 3.10. The van der Waals surface area contributed by atoms with Crippen LogP contribution in [0.25, 0.3) is 27.2 Å². The normalized spacial score (nSPS) is 17.3. The van der Waals surface area contributed by atoms with Crippen molar-refractivity contribution < 1.29 is 13.4 Å². The second kappa shape index (κ2) is 5.10. The lowest BCUT2D eigenvalue weighted by Crippen LogP contribution is -2.17. The van der Waals surface area contributed by atoms with Gasteiger partial charge in [-0.25, -0.2) is 13.3 Å². The largest absolute Gasteiger partial charge is 0.269 e. The highest BCUT2D eigenvalue weighted by Crippen LogP contribution is 2.26. The van der Waals surface area contributed by atoms with Crippen molar-refractivity contribution in [1.29, 1.82) is 0 Å². The zero-order valence-corrected chi connectivity index (χ0v) is 12.4. The number of nitrogens with zero attached hydrogens (tertiary/aromatic N) is 3. The van der Waals surface area contributed by atoms with Crippen molar-refractivity contribution in [1.82, 2.24) is 19.5 Å². The molecule has 1 unspecified atom stereocenters. The first kappa shape index (κ1) is 13.8. The molecule has 1 atom stereocenters. The van der Waals surface area contributed by atoms with Gasteiger partial charge in [-0.3, -0.25) is 14.5 Å². The Hall–Kier alpha value is -2.87. The van der Waals surface area contributed by atoms with Crippen LogP contribution in [0.1, 0.15) is 0 Å². The zero-order chi connectivity index (χ0) is 16.0. The summed E-state index contributed by atoms with van der Waals surface area (Å²) in [7, 11) is -1.61. The molecule has 2 aromatic heterocycles. The van der Waals surface area contributed by atoms with Crippen LogP contribution in [0.2, 0.25) is 0 Å². The molecule has 6 nitrogen and oxygen atoms in total. The number of carbonyl (C=O) groups is 1. The molecule has 0 fully saturated rings. The first-order valence-electron chi connectivity index (χ1n) is 6.66. The van der Waals surface area contributed by atoms with Gasteiger partial charge in [0, 0.05) is 17.0 Å². The monoisotopic (exact) mass is 328 g/mol. The number of amides is 1. The number of benzene rings is 1. The molecule has 1 aromatic carbocycles. The van der Waals surface area contributed by atoms with Gasteiger partial charge in [-0.05, 0) is 24.3 Å². The fourth-order valence-corrected chi connectivity index (χ4v) is 3.26. The third kappa shape index (κ3) is 2.33. The summed E-state index contributed by atoms with van der Waals surface area (Å²) in [6, 6.07) is 8.41. The smallest absolute Gasteiger partial charge is 0.258 e. The van der Waals surface area contributed by atoms with Crippen LogP contribution in [0.15, 0.2) is 48.8 Å². The van der Waals surface area contributed by atoms with Gasteiger partial charge in [0.1, 0.15) is 5.82 Å². The molecule has 8 heteroatoms. The minimum absolute atomic E-state index is 0.289. The summed E-state index contributed by atoms with van der Waals surface area (Å²) in [4.78, 5) is 15.3. The van der Waals surface area contributed by atoms with Crippen molar-refractivity contribution in [2.75, 3.05) is 0 Å². The quantitative estimate of drug-likeness (QED) is 0.778. The van der Waals surface area contributed by atoms with Crippen LogP contribution in [-0.4, -0.2) is 24.9 Å². The number of pyridine rings is 1. The van der Waals surface area contributed by atoms with E-state index in [0.29, 0.717) is 11.2 Å². The van der Waals surface area contributed by atoms with Crippen molar-refractivity contribution in [3.05, 3.63) is 54.6 Å².